The van der Waals surface area contributed by atoms with Crippen LogP contribution in [0.25, 0.3) is 0 Å². The van der Waals surface area contributed by atoms with Crippen molar-refractivity contribution in [3.8, 4) is 0 Å². The Bertz CT molecular complexity index is 539. The van der Waals surface area contributed by atoms with Gasteiger partial charge < -0.3 is 10.1 Å². The molecular weight excluding hydrogens is 284 g/mol. The van der Waals surface area contributed by atoms with Crippen LogP contribution in [0.5, 0.6) is 0 Å². The summed E-state index contributed by atoms with van der Waals surface area (Å²) < 4.78 is 6.07. The second-order valence-electron chi connectivity index (χ2n) is 5.99. The van der Waals surface area contributed by atoms with Gasteiger partial charge in [-0.3, -0.25) is 4.90 Å². The summed E-state index contributed by atoms with van der Waals surface area (Å²) in [6.45, 7) is 5.99. The van der Waals surface area contributed by atoms with Crippen molar-refractivity contribution in [1.82, 2.24) is 14.9 Å². The Morgan fingerprint density at radius 1 is 1.38 bits per heavy atom. The van der Waals surface area contributed by atoms with Crippen molar-refractivity contribution in [1.29, 1.82) is 0 Å². The minimum Gasteiger partial charge on any atom is -0.370 e. The van der Waals surface area contributed by atoms with Gasteiger partial charge in [0.05, 0.1) is 12.3 Å². The first-order valence-corrected chi connectivity index (χ1v) is 9.07. The van der Waals surface area contributed by atoms with Crippen LogP contribution in [0, 0.1) is 0 Å². The summed E-state index contributed by atoms with van der Waals surface area (Å²) in [5.74, 6) is 3.92. The molecule has 0 saturated carbocycles. The maximum atomic E-state index is 6.07. The number of morpholine rings is 1. The molecule has 3 aliphatic heterocycles. The van der Waals surface area contributed by atoms with Gasteiger partial charge in [-0.2, -0.15) is 11.8 Å². The topological polar surface area (TPSA) is 50.3 Å². The van der Waals surface area contributed by atoms with Crippen LogP contribution in [-0.2, 0) is 16.2 Å². The first-order valence-electron chi connectivity index (χ1n) is 7.92. The summed E-state index contributed by atoms with van der Waals surface area (Å²) in [7, 11) is 0. The fraction of sp³-hybridized carbons (Fsp3) is 0.733. The van der Waals surface area contributed by atoms with Crippen LogP contribution in [-0.4, -0.2) is 47.2 Å². The summed E-state index contributed by atoms with van der Waals surface area (Å²) in [5, 5.41) is 3.40. The lowest BCUT2D eigenvalue weighted by Crippen LogP contribution is -2.43. The van der Waals surface area contributed by atoms with Gasteiger partial charge >= 0.3 is 0 Å². The fourth-order valence-electron chi connectivity index (χ4n) is 3.50. The maximum Gasteiger partial charge on any atom is 0.161 e. The number of nitrogens with one attached hydrogen (secondary N) is 1. The van der Waals surface area contributed by atoms with E-state index in [-0.39, 0.29) is 6.10 Å². The van der Waals surface area contributed by atoms with E-state index in [4.69, 9.17) is 14.7 Å². The van der Waals surface area contributed by atoms with E-state index >= 15 is 0 Å². The molecule has 1 aromatic heterocycles. The van der Waals surface area contributed by atoms with Crippen LogP contribution in [0.3, 0.4) is 0 Å². The molecule has 0 aromatic carbocycles. The largest absolute Gasteiger partial charge is 0.370 e. The number of thioether (sulfide) groups is 1. The molecule has 0 spiro atoms. The first-order chi connectivity index (χ1) is 10.3. The van der Waals surface area contributed by atoms with Crippen molar-refractivity contribution in [3.05, 3.63) is 17.1 Å². The average molecular weight is 306 g/mol. The van der Waals surface area contributed by atoms with E-state index in [1.165, 1.54) is 30.6 Å². The normalized spacial score (nSPS) is 28.4. The van der Waals surface area contributed by atoms with Crippen molar-refractivity contribution in [2.24, 2.45) is 0 Å². The molecule has 1 aromatic rings. The highest BCUT2D eigenvalue weighted by Gasteiger charge is 2.35. The monoisotopic (exact) mass is 306 g/mol. The highest BCUT2D eigenvalue weighted by atomic mass is 32.2. The number of fused-ring (bicyclic) bond motifs is 2. The Labute approximate surface area is 129 Å². The molecule has 6 heteroatoms. The quantitative estimate of drug-likeness (QED) is 0.924. The number of hydrogen-bond donors (Lipinski definition) is 1. The Kier molecular flexibility index (Phi) is 3.77. The predicted octanol–water partition coefficient (Wildman–Crippen LogP) is 2.19. The molecule has 4 heterocycles. The predicted molar refractivity (Wildman–Crippen MR) is 84.5 cm³/mol. The van der Waals surface area contributed by atoms with E-state index in [0.29, 0.717) is 6.04 Å². The zero-order valence-electron chi connectivity index (χ0n) is 12.5. The number of anilines is 1. The standard InChI is InChI=1S/C15H22N4OS/c1-2-16-14-11-8-21-9-12(11)17-15(18-14)13-6-19-5-3-4-10(19)7-20-13/h10,13H,2-9H2,1H3,(H,16,17,18). The fourth-order valence-corrected chi connectivity index (χ4v) is 4.54. The molecule has 4 rings (SSSR count). The van der Waals surface area contributed by atoms with E-state index in [9.17, 15) is 0 Å². The summed E-state index contributed by atoms with van der Waals surface area (Å²) in [4.78, 5) is 12.1. The molecule has 0 radical (unpaired) electrons. The summed E-state index contributed by atoms with van der Waals surface area (Å²) in [6.07, 6.45) is 2.61. The van der Waals surface area contributed by atoms with E-state index in [1.54, 1.807) is 0 Å². The SMILES string of the molecule is CCNc1nc(C2CN3CCCC3CO2)nc2c1CSC2. The molecule has 3 aliphatic rings. The Balaban J connectivity index is 1.61. The van der Waals surface area contributed by atoms with Gasteiger partial charge in [0.2, 0.25) is 0 Å². The number of hydrogen-bond acceptors (Lipinski definition) is 6. The lowest BCUT2D eigenvalue weighted by Gasteiger charge is -2.34. The van der Waals surface area contributed by atoms with Crippen molar-refractivity contribution >= 4 is 17.6 Å². The molecule has 0 amide bonds. The van der Waals surface area contributed by atoms with Crippen molar-refractivity contribution in [2.75, 3.05) is 31.6 Å². The number of nitrogens with zero attached hydrogens (tertiary/aromatic N) is 3. The van der Waals surface area contributed by atoms with Gasteiger partial charge in [0.15, 0.2) is 5.82 Å². The van der Waals surface area contributed by atoms with Crippen LogP contribution in [0.15, 0.2) is 0 Å². The van der Waals surface area contributed by atoms with E-state index < -0.39 is 0 Å². The third-order valence-electron chi connectivity index (χ3n) is 4.62. The van der Waals surface area contributed by atoms with Crippen molar-refractivity contribution in [3.63, 3.8) is 0 Å². The van der Waals surface area contributed by atoms with Crippen LogP contribution in [0.2, 0.25) is 0 Å². The van der Waals surface area contributed by atoms with Crippen molar-refractivity contribution in [2.45, 2.75) is 43.4 Å². The molecule has 2 fully saturated rings. The molecule has 21 heavy (non-hydrogen) atoms. The summed E-state index contributed by atoms with van der Waals surface area (Å²) in [6, 6.07) is 0.625. The van der Waals surface area contributed by atoms with Gasteiger partial charge in [0.1, 0.15) is 11.9 Å². The molecule has 2 atom stereocenters. The molecule has 5 nitrogen and oxygen atoms in total. The number of aromatic nitrogens is 2. The number of rotatable bonds is 3. The van der Waals surface area contributed by atoms with Gasteiger partial charge in [-0.05, 0) is 26.3 Å². The zero-order chi connectivity index (χ0) is 14.2. The van der Waals surface area contributed by atoms with Gasteiger partial charge in [0, 0.05) is 36.2 Å². The van der Waals surface area contributed by atoms with Gasteiger partial charge in [0.25, 0.3) is 0 Å². The minimum atomic E-state index is 0.0349. The van der Waals surface area contributed by atoms with Crippen LogP contribution < -0.4 is 5.32 Å². The molecule has 114 valence electrons. The van der Waals surface area contributed by atoms with Gasteiger partial charge in [-0.25, -0.2) is 9.97 Å². The molecule has 0 aliphatic carbocycles. The summed E-state index contributed by atoms with van der Waals surface area (Å²) in [5.41, 5.74) is 2.49. The van der Waals surface area contributed by atoms with Crippen LogP contribution in [0.1, 0.15) is 43.0 Å². The van der Waals surface area contributed by atoms with E-state index in [0.717, 1.165) is 42.8 Å². The molecular formula is C15H22N4OS. The van der Waals surface area contributed by atoms with Crippen molar-refractivity contribution < 1.29 is 4.74 Å². The first kappa shape index (κ1) is 13.8. The maximum absolute atomic E-state index is 6.07. The van der Waals surface area contributed by atoms with Gasteiger partial charge in [-0.1, -0.05) is 0 Å². The smallest absolute Gasteiger partial charge is 0.161 e. The van der Waals surface area contributed by atoms with E-state index in [2.05, 4.69) is 17.1 Å². The Hall–Kier alpha value is -0.850. The van der Waals surface area contributed by atoms with Crippen LogP contribution >= 0.6 is 11.8 Å². The van der Waals surface area contributed by atoms with Crippen LogP contribution in [0.4, 0.5) is 5.82 Å². The second kappa shape index (κ2) is 5.74. The Morgan fingerprint density at radius 3 is 3.24 bits per heavy atom. The molecule has 1 N–H and O–H groups in total. The molecule has 2 saturated heterocycles. The zero-order valence-corrected chi connectivity index (χ0v) is 13.3. The average Bonchev–Trinajstić information content (AvgIpc) is 3.15. The molecule has 0 bridgehead atoms. The highest BCUT2D eigenvalue weighted by Crippen LogP contribution is 2.35. The number of ether oxygens (including phenoxy) is 1. The summed E-state index contributed by atoms with van der Waals surface area (Å²) >= 11 is 1.92. The highest BCUT2D eigenvalue weighted by molar-refractivity contribution is 7.98. The van der Waals surface area contributed by atoms with E-state index in [1.807, 2.05) is 11.8 Å². The Morgan fingerprint density at radius 2 is 2.33 bits per heavy atom. The minimum absolute atomic E-state index is 0.0349. The molecule has 2 unspecified atom stereocenters. The lowest BCUT2D eigenvalue weighted by molar-refractivity contribution is -0.0541. The second-order valence-corrected chi connectivity index (χ2v) is 6.98. The lowest BCUT2D eigenvalue weighted by atomic mass is 10.1. The van der Waals surface area contributed by atoms with Gasteiger partial charge in [-0.15, -0.1) is 0 Å². The third kappa shape index (κ3) is 2.53. The third-order valence-corrected chi connectivity index (χ3v) is 5.59.